The molecule has 0 bridgehead atoms. The third-order valence-electron chi connectivity index (χ3n) is 2.00. The molecule has 1 aromatic rings. The molecule has 2 nitrogen and oxygen atoms in total. The van der Waals surface area contributed by atoms with Gasteiger partial charge in [0.05, 0.1) is 6.54 Å². The van der Waals surface area contributed by atoms with Crippen molar-refractivity contribution in [3.05, 3.63) is 47.7 Å². The lowest BCUT2D eigenvalue weighted by Crippen LogP contribution is -1.90. The lowest BCUT2D eigenvalue weighted by atomic mass is 10.2. The molecule has 0 heterocycles. The Hall–Kier alpha value is -1.57. The lowest BCUT2D eigenvalue weighted by molar-refractivity contribution is 1.07. The minimum atomic E-state index is 0.720. The summed E-state index contributed by atoms with van der Waals surface area (Å²) in [6.07, 6.45) is 4.37. The highest BCUT2D eigenvalue weighted by atomic mass is 14.7. The maximum atomic E-state index is 5.41. The predicted octanol–water partition coefficient (Wildman–Crippen LogP) is 2.51. The highest BCUT2D eigenvalue weighted by Crippen LogP contribution is 2.01. The molecule has 1 aromatic carbocycles. The van der Waals surface area contributed by atoms with Gasteiger partial charge in [-0.1, -0.05) is 37.3 Å². The standard InChI is InChI=1S/C12H16N2/c1-2-11(8-13)9-14-10-12-6-4-3-5-7-12/h3-9H,2,10,13H2,1H3/b11-8-,14-9?. The van der Waals surface area contributed by atoms with Crippen LogP contribution in [-0.2, 0) is 6.54 Å². The molecule has 74 valence electrons. The number of hydrogen-bond acceptors (Lipinski definition) is 2. The van der Waals surface area contributed by atoms with Gasteiger partial charge in [-0.3, -0.25) is 4.99 Å². The first kappa shape index (κ1) is 10.5. The van der Waals surface area contributed by atoms with Crippen LogP contribution in [0, 0.1) is 0 Å². The van der Waals surface area contributed by atoms with Gasteiger partial charge >= 0.3 is 0 Å². The maximum Gasteiger partial charge on any atom is 0.0639 e. The Labute approximate surface area is 85.2 Å². The number of allylic oxidation sites excluding steroid dienone is 1. The molecule has 2 heteroatoms. The number of hydrogen-bond donors (Lipinski definition) is 1. The van der Waals surface area contributed by atoms with Crippen molar-refractivity contribution in [1.29, 1.82) is 0 Å². The van der Waals surface area contributed by atoms with Gasteiger partial charge in [0, 0.05) is 6.21 Å². The van der Waals surface area contributed by atoms with Crippen LogP contribution in [0.25, 0.3) is 0 Å². The van der Waals surface area contributed by atoms with Gasteiger partial charge in [-0.2, -0.15) is 0 Å². The van der Waals surface area contributed by atoms with Crippen LogP contribution < -0.4 is 5.73 Å². The average molecular weight is 188 g/mol. The van der Waals surface area contributed by atoms with Crippen molar-refractivity contribution in [2.45, 2.75) is 19.9 Å². The fourth-order valence-corrected chi connectivity index (χ4v) is 1.10. The number of nitrogens with two attached hydrogens (primary N) is 1. The molecule has 0 radical (unpaired) electrons. The van der Waals surface area contributed by atoms with E-state index in [-0.39, 0.29) is 0 Å². The van der Waals surface area contributed by atoms with E-state index in [4.69, 9.17) is 5.73 Å². The normalized spacial score (nSPS) is 12.2. The van der Waals surface area contributed by atoms with Gasteiger partial charge in [-0.05, 0) is 23.8 Å². The monoisotopic (exact) mass is 188 g/mol. The van der Waals surface area contributed by atoms with Gasteiger partial charge in [0.25, 0.3) is 0 Å². The SMILES string of the molecule is CC/C(C=NCc1ccccc1)=C/N. The van der Waals surface area contributed by atoms with Crippen LogP contribution in [0.2, 0.25) is 0 Å². The zero-order chi connectivity index (χ0) is 10.2. The summed E-state index contributed by atoms with van der Waals surface area (Å²) >= 11 is 0. The lowest BCUT2D eigenvalue weighted by Gasteiger charge is -1.96. The maximum absolute atomic E-state index is 5.41. The van der Waals surface area contributed by atoms with Crippen LogP contribution in [0.5, 0.6) is 0 Å². The Bertz CT molecular complexity index is 312. The first-order valence-electron chi connectivity index (χ1n) is 4.81. The van der Waals surface area contributed by atoms with Crippen molar-refractivity contribution in [3.63, 3.8) is 0 Å². The van der Waals surface area contributed by atoms with Crippen LogP contribution in [0.3, 0.4) is 0 Å². The summed E-state index contributed by atoms with van der Waals surface area (Å²) in [4.78, 5) is 4.31. The van der Waals surface area contributed by atoms with Gasteiger partial charge in [-0.15, -0.1) is 0 Å². The second-order valence-electron chi connectivity index (χ2n) is 3.05. The van der Waals surface area contributed by atoms with Crippen molar-refractivity contribution < 1.29 is 0 Å². The molecular weight excluding hydrogens is 172 g/mol. The second kappa shape index (κ2) is 5.97. The summed E-state index contributed by atoms with van der Waals surface area (Å²) in [6.45, 7) is 2.78. The predicted molar refractivity (Wildman–Crippen MR) is 61.2 cm³/mol. The van der Waals surface area contributed by atoms with E-state index in [0.29, 0.717) is 0 Å². The van der Waals surface area contributed by atoms with Gasteiger partial charge < -0.3 is 5.73 Å². The molecule has 0 atom stereocenters. The molecule has 14 heavy (non-hydrogen) atoms. The molecular formula is C12H16N2. The highest BCUT2D eigenvalue weighted by Gasteiger charge is 1.88. The van der Waals surface area contributed by atoms with E-state index in [2.05, 4.69) is 24.0 Å². The van der Waals surface area contributed by atoms with Crippen LogP contribution >= 0.6 is 0 Å². The van der Waals surface area contributed by atoms with E-state index in [1.54, 1.807) is 6.20 Å². The molecule has 0 aliphatic rings. The second-order valence-corrected chi connectivity index (χ2v) is 3.05. The summed E-state index contributed by atoms with van der Waals surface area (Å²) < 4.78 is 0. The van der Waals surface area contributed by atoms with Crippen LogP contribution in [0.4, 0.5) is 0 Å². The third kappa shape index (κ3) is 3.44. The molecule has 2 N–H and O–H groups in total. The zero-order valence-electron chi connectivity index (χ0n) is 8.48. The summed E-state index contributed by atoms with van der Waals surface area (Å²) in [5.41, 5.74) is 7.70. The van der Waals surface area contributed by atoms with Gasteiger partial charge in [0.1, 0.15) is 0 Å². The minimum absolute atomic E-state index is 0.720. The minimum Gasteiger partial charge on any atom is -0.404 e. The topological polar surface area (TPSA) is 38.4 Å². The first-order chi connectivity index (χ1) is 6.86. The van der Waals surface area contributed by atoms with Crippen molar-refractivity contribution >= 4 is 6.21 Å². The van der Waals surface area contributed by atoms with Crippen molar-refractivity contribution in [2.75, 3.05) is 0 Å². The summed E-state index contributed by atoms with van der Waals surface area (Å²) in [6, 6.07) is 10.2. The largest absolute Gasteiger partial charge is 0.404 e. The van der Waals surface area contributed by atoms with E-state index in [1.807, 2.05) is 24.4 Å². The average Bonchev–Trinajstić information content (AvgIpc) is 2.26. The molecule has 0 saturated carbocycles. The number of benzene rings is 1. The Morgan fingerprint density at radius 3 is 2.64 bits per heavy atom. The molecule has 0 aromatic heterocycles. The van der Waals surface area contributed by atoms with Crippen LogP contribution in [0.15, 0.2) is 47.1 Å². The molecule has 0 saturated heterocycles. The van der Waals surface area contributed by atoms with Crippen molar-refractivity contribution in [2.24, 2.45) is 10.7 Å². The Morgan fingerprint density at radius 2 is 2.07 bits per heavy atom. The first-order valence-corrected chi connectivity index (χ1v) is 4.81. The molecule has 0 aliphatic carbocycles. The van der Waals surface area contributed by atoms with Crippen LogP contribution in [0.1, 0.15) is 18.9 Å². The summed E-state index contributed by atoms with van der Waals surface area (Å²) in [5, 5.41) is 0. The van der Waals surface area contributed by atoms with E-state index in [0.717, 1.165) is 18.5 Å². The Morgan fingerprint density at radius 1 is 1.36 bits per heavy atom. The third-order valence-corrected chi connectivity index (χ3v) is 2.00. The van der Waals surface area contributed by atoms with E-state index < -0.39 is 0 Å². The van der Waals surface area contributed by atoms with Crippen LogP contribution in [-0.4, -0.2) is 6.21 Å². The fourth-order valence-electron chi connectivity index (χ4n) is 1.10. The van der Waals surface area contributed by atoms with Gasteiger partial charge in [0.15, 0.2) is 0 Å². The fraction of sp³-hybridized carbons (Fsp3) is 0.250. The van der Waals surface area contributed by atoms with Gasteiger partial charge in [-0.25, -0.2) is 0 Å². The van der Waals surface area contributed by atoms with Crippen molar-refractivity contribution in [1.82, 2.24) is 0 Å². The molecule has 1 rings (SSSR count). The van der Waals surface area contributed by atoms with Crippen molar-refractivity contribution in [3.8, 4) is 0 Å². The highest BCUT2D eigenvalue weighted by molar-refractivity contribution is 5.78. The molecule has 0 unspecified atom stereocenters. The summed E-state index contributed by atoms with van der Waals surface area (Å²) in [7, 11) is 0. The summed E-state index contributed by atoms with van der Waals surface area (Å²) in [5.74, 6) is 0. The van der Waals surface area contributed by atoms with Gasteiger partial charge in [0.2, 0.25) is 0 Å². The Balaban J connectivity index is 2.49. The quantitative estimate of drug-likeness (QED) is 0.724. The smallest absolute Gasteiger partial charge is 0.0639 e. The number of aliphatic imine (C=N–C) groups is 1. The van der Waals surface area contributed by atoms with E-state index in [9.17, 15) is 0 Å². The van der Waals surface area contributed by atoms with E-state index >= 15 is 0 Å². The molecule has 0 spiro atoms. The number of rotatable bonds is 4. The number of nitrogens with zero attached hydrogens (tertiary/aromatic N) is 1. The zero-order valence-corrected chi connectivity index (χ0v) is 8.48. The van der Waals surface area contributed by atoms with E-state index in [1.165, 1.54) is 5.56 Å². The molecule has 0 aliphatic heterocycles. The molecule has 0 amide bonds. The Kier molecular flexibility index (Phi) is 4.48. The molecule has 0 fully saturated rings.